The van der Waals surface area contributed by atoms with E-state index in [1.807, 2.05) is 0 Å². The van der Waals surface area contributed by atoms with E-state index in [-0.39, 0.29) is 11.3 Å². The number of sulfonamides is 1. The molecule has 5 heteroatoms. The molecule has 0 unspecified atom stereocenters. The molecule has 0 aromatic carbocycles. The van der Waals surface area contributed by atoms with Crippen LogP contribution >= 0.6 is 0 Å². The van der Waals surface area contributed by atoms with Gasteiger partial charge in [-0.2, -0.15) is 4.31 Å². The van der Waals surface area contributed by atoms with Crippen molar-refractivity contribution in [3.63, 3.8) is 0 Å². The summed E-state index contributed by atoms with van der Waals surface area (Å²) >= 11 is 0. The van der Waals surface area contributed by atoms with Crippen LogP contribution in [0.15, 0.2) is 0 Å². The molecule has 0 saturated carbocycles. The van der Waals surface area contributed by atoms with Crippen LogP contribution in [0, 0.1) is 5.92 Å². The van der Waals surface area contributed by atoms with E-state index in [4.69, 9.17) is 4.74 Å². The van der Waals surface area contributed by atoms with E-state index < -0.39 is 10.0 Å². The molecule has 2 fully saturated rings. The van der Waals surface area contributed by atoms with Crippen LogP contribution in [0.1, 0.15) is 33.1 Å². The number of nitrogens with zero attached hydrogens (tertiary/aromatic N) is 1. The molecule has 0 N–H and O–H groups in total. The first kappa shape index (κ1) is 12.3. The van der Waals surface area contributed by atoms with E-state index in [2.05, 4.69) is 13.8 Å². The maximum atomic E-state index is 12.4. The van der Waals surface area contributed by atoms with E-state index >= 15 is 0 Å². The van der Waals surface area contributed by atoms with Crippen molar-refractivity contribution in [3.05, 3.63) is 0 Å². The largest absolute Gasteiger partial charge is 0.381 e. The molecule has 0 bridgehead atoms. The molecule has 2 aliphatic rings. The summed E-state index contributed by atoms with van der Waals surface area (Å²) in [4.78, 5) is 0. The lowest BCUT2D eigenvalue weighted by Crippen LogP contribution is -2.56. The lowest BCUT2D eigenvalue weighted by molar-refractivity contribution is 0.0926. The molecule has 2 heterocycles. The van der Waals surface area contributed by atoms with Crippen LogP contribution in [0.25, 0.3) is 0 Å². The lowest BCUT2D eigenvalue weighted by Gasteiger charge is -2.44. The highest BCUT2D eigenvalue weighted by Gasteiger charge is 2.43. The molecular weight excluding hydrogens is 226 g/mol. The summed E-state index contributed by atoms with van der Waals surface area (Å²) in [5.74, 6) is 0.420. The average Bonchev–Trinajstić information content (AvgIpc) is 2.15. The highest BCUT2D eigenvalue weighted by Crippen LogP contribution is 2.31. The van der Waals surface area contributed by atoms with Crippen molar-refractivity contribution in [1.29, 1.82) is 0 Å². The minimum absolute atomic E-state index is 0.206. The van der Waals surface area contributed by atoms with Crippen molar-refractivity contribution >= 4 is 10.0 Å². The number of hydrogen-bond acceptors (Lipinski definition) is 3. The van der Waals surface area contributed by atoms with Gasteiger partial charge >= 0.3 is 0 Å². The molecule has 0 amide bonds. The Morgan fingerprint density at radius 3 is 2.25 bits per heavy atom. The van der Waals surface area contributed by atoms with Crippen molar-refractivity contribution in [3.8, 4) is 0 Å². The van der Waals surface area contributed by atoms with E-state index in [0.29, 0.717) is 38.5 Å². The predicted octanol–water partition coefficient (Wildman–Crippen LogP) is 1.23. The first-order valence-corrected chi connectivity index (χ1v) is 7.62. The van der Waals surface area contributed by atoms with Crippen molar-refractivity contribution in [2.45, 2.75) is 44.4 Å². The molecule has 2 rings (SSSR count). The zero-order valence-corrected chi connectivity index (χ0v) is 10.9. The highest BCUT2D eigenvalue weighted by atomic mass is 32.2. The average molecular weight is 247 g/mol. The fraction of sp³-hybridized carbons (Fsp3) is 1.00. The molecule has 0 spiro atoms. The van der Waals surface area contributed by atoms with Gasteiger partial charge in [-0.15, -0.1) is 0 Å². The molecule has 0 radical (unpaired) electrons. The fourth-order valence-electron chi connectivity index (χ4n) is 2.53. The number of hydrogen-bond donors (Lipinski definition) is 0. The standard InChI is InChI=1S/C11H21NO3S/c1-9(2)11-3-6-12(11)16(13,14)10-4-7-15-8-5-10/h9-11H,3-8H2,1-2H3/t11-/m0/s1. The molecular formula is C11H21NO3S. The lowest BCUT2D eigenvalue weighted by atomic mass is 9.95. The van der Waals surface area contributed by atoms with Crippen molar-refractivity contribution < 1.29 is 13.2 Å². The van der Waals surface area contributed by atoms with Gasteiger partial charge in [-0.3, -0.25) is 0 Å². The Labute approximate surface area is 98.0 Å². The summed E-state index contributed by atoms with van der Waals surface area (Å²) < 4.78 is 31.6. The van der Waals surface area contributed by atoms with Crippen LogP contribution in [-0.4, -0.2) is 43.8 Å². The molecule has 2 aliphatic heterocycles. The quantitative estimate of drug-likeness (QED) is 0.753. The predicted molar refractivity (Wildman–Crippen MR) is 62.7 cm³/mol. The van der Waals surface area contributed by atoms with Crippen molar-refractivity contribution in [2.75, 3.05) is 19.8 Å². The van der Waals surface area contributed by atoms with Crippen LogP contribution in [0.5, 0.6) is 0 Å². The van der Waals surface area contributed by atoms with Crippen LogP contribution in [0.2, 0.25) is 0 Å². The molecule has 94 valence electrons. The second-order valence-electron chi connectivity index (χ2n) is 5.07. The summed E-state index contributed by atoms with van der Waals surface area (Å²) in [5.41, 5.74) is 0. The maximum absolute atomic E-state index is 12.4. The summed E-state index contributed by atoms with van der Waals surface area (Å²) in [6.45, 7) is 6.07. The summed E-state index contributed by atoms with van der Waals surface area (Å²) in [6.07, 6.45) is 2.33. The van der Waals surface area contributed by atoms with Crippen molar-refractivity contribution in [2.24, 2.45) is 5.92 Å². The van der Waals surface area contributed by atoms with Gasteiger partial charge in [-0.1, -0.05) is 13.8 Å². The van der Waals surface area contributed by atoms with E-state index in [0.717, 1.165) is 6.42 Å². The number of ether oxygens (including phenoxy) is 1. The van der Waals surface area contributed by atoms with Crippen LogP contribution in [0.3, 0.4) is 0 Å². The second kappa shape index (κ2) is 4.63. The minimum atomic E-state index is -3.07. The first-order chi connectivity index (χ1) is 7.53. The van der Waals surface area contributed by atoms with E-state index in [1.54, 1.807) is 4.31 Å². The van der Waals surface area contributed by atoms with E-state index in [1.165, 1.54) is 0 Å². The molecule has 16 heavy (non-hydrogen) atoms. The first-order valence-electron chi connectivity index (χ1n) is 6.12. The summed E-state index contributed by atoms with van der Waals surface area (Å²) in [6, 6.07) is 0.229. The Bertz CT molecular complexity index is 333. The molecule has 0 aromatic rings. The Balaban J connectivity index is 2.06. The topological polar surface area (TPSA) is 46.6 Å². The summed E-state index contributed by atoms with van der Waals surface area (Å²) in [7, 11) is -3.07. The molecule has 0 aliphatic carbocycles. The smallest absolute Gasteiger partial charge is 0.217 e. The van der Waals surface area contributed by atoms with Crippen molar-refractivity contribution in [1.82, 2.24) is 4.31 Å². The highest BCUT2D eigenvalue weighted by molar-refractivity contribution is 7.89. The molecule has 4 nitrogen and oxygen atoms in total. The van der Waals surface area contributed by atoms with Gasteiger partial charge in [-0.25, -0.2) is 8.42 Å². The Morgan fingerprint density at radius 1 is 1.19 bits per heavy atom. The second-order valence-corrected chi connectivity index (χ2v) is 7.23. The summed E-state index contributed by atoms with van der Waals surface area (Å²) in [5, 5.41) is -0.206. The number of rotatable bonds is 3. The fourth-order valence-corrected chi connectivity index (χ4v) is 4.79. The monoisotopic (exact) mass is 247 g/mol. The molecule has 1 atom stereocenters. The third-order valence-corrected chi connectivity index (χ3v) is 6.12. The van der Waals surface area contributed by atoms with Gasteiger partial charge in [-0.05, 0) is 25.2 Å². The van der Waals surface area contributed by atoms with Gasteiger partial charge in [0.15, 0.2) is 0 Å². The van der Waals surface area contributed by atoms with Gasteiger partial charge in [0.2, 0.25) is 10.0 Å². The Kier molecular flexibility index (Phi) is 3.56. The zero-order valence-electron chi connectivity index (χ0n) is 10.1. The van der Waals surface area contributed by atoms with Gasteiger partial charge < -0.3 is 4.74 Å². The third kappa shape index (κ3) is 2.13. The Hall–Kier alpha value is -0.130. The van der Waals surface area contributed by atoms with Crippen LogP contribution in [-0.2, 0) is 14.8 Å². The van der Waals surface area contributed by atoms with Gasteiger partial charge in [0.1, 0.15) is 0 Å². The van der Waals surface area contributed by atoms with Gasteiger partial charge in [0.05, 0.1) is 5.25 Å². The normalized spacial score (nSPS) is 29.3. The maximum Gasteiger partial charge on any atom is 0.217 e. The van der Waals surface area contributed by atoms with Gasteiger partial charge in [0.25, 0.3) is 0 Å². The minimum Gasteiger partial charge on any atom is -0.381 e. The Morgan fingerprint density at radius 2 is 1.81 bits per heavy atom. The van der Waals surface area contributed by atoms with Gasteiger partial charge in [0, 0.05) is 25.8 Å². The zero-order chi connectivity index (χ0) is 11.8. The SMILES string of the molecule is CC(C)[C@@H]1CCN1S(=O)(=O)C1CCOCC1. The van der Waals surface area contributed by atoms with E-state index in [9.17, 15) is 8.42 Å². The molecule has 2 saturated heterocycles. The molecule has 0 aromatic heterocycles. The van der Waals surface area contributed by atoms with Crippen LogP contribution < -0.4 is 0 Å². The third-order valence-electron chi connectivity index (χ3n) is 3.70. The van der Waals surface area contributed by atoms with Crippen LogP contribution in [0.4, 0.5) is 0 Å².